The average Bonchev–Trinajstić information content (AvgIpc) is 1.99. The van der Waals surface area contributed by atoms with E-state index < -0.39 is 0 Å². The van der Waals surface area contributed by atoms with Gasteiger partial charge in [0, 0.05) is 13.1 Å². The number of nitrogens with zero attached hydrogens (tertiary/aromatic N) is 1. The summed E-state index contributed by atoms with van der Waals surface area (Å²) < 4.78 is 5.56. The van der Waals surface area contributed by atoms with Crippen LogP contribution in [0.5, 0.6) is 0 Å². The molecule has 2 heterocycles. The monoisotopic (exact) mass is 198 g/mol. The van der Waals surface area contributed by atoms with Crippen LogP contribution in [-0.2, 0) is 9.53 Å². The van der Waals surface area contributed by atoms with E-state index in [-0.39, 0.29) is 17.6 Å². The van der Waals surface area contributed by atoms with Crippen LogP contribution in [0, 0.1) is 0 Å². The predicted molar refractivity (Wildman–Crippen MR) is 53.0 cm³/mol. The predicted octanol–water partition coefficient (Wildman–Crippen LogP) is -0.0143. The summed E-state index contributed by atoms with van der Waals surface area (Å²) in [5.41, 5.74) is -0.183. The van der Waals surface area contributed by atoms with Crippen molar-refractivity contribution in [3.8, 4) is 0 Å². The summed E-state index contributed by atoms with van der Waals surface area (Å²) in [6, 6.07) is 0.0731. The molecule has 2 fully saturated rings. The minimum atomic E-state index is -0.183. The molecule has 0 unspecified atom stereocenters. The molecule has 0 radical (unpaired) electrons. The Labute approximate surface area is 84.6 Å². The molecule has 0 aliphatic carbocycles. The van der Waals surface area contributed by atoms with Gasteiger partial charge in [-0.05, 0) is 26.8 Å². The van der Waals surface area contributed by atoms with E-state index in [1.54, 1.807) is 0 Å². The van der Waals surface area contributed by atoms with E-state index in [1.165, 1.54) is 0 Å². The van der Waals surface area contributed by atoms with Gasteiger partial charge in [0.1, 0.15) is 0 Å². The van der Waals surface area contributed by atoms with Crippen molar-refractivity contribution in [3.05, 3.63) is 0 Å². The lowest BCUT2D eigenvalue weighted by Crippen LogP contribution is -2.59. The van der Waals surface area contributed by atoms with Crippen LogP contribution in [0.4, 0.5) is 0 Å². The molecule has 0 aromatic rings. The molecule has 4 nitrogen and oxygen atoms in total. The minimum absolute atomic E-state index is 0.0731. The Morgan fingerprint density at radius 2 is 2.29 bits per heavy atom. The van der Waals surface area contributed by atoms with Crippen molar-refractivity contribution in [1.82, 2.24) is 10.2 Å². The molecule has 2 saturated heterocycles. The van der Waals surface area contributed by atoms with E-state index in [9.17, 15) is 4.79 Å². The second kappa shape index (κ2) is 3.51. The summed E-state index contributed by atoms with van der Waals surface area (Å²) in [6.45, 7) is 7.14. The van der Waals surface area contributed by atoms with Gasteiger partial charge in [-0.3, -0.25) is 4.79 Å². The fraction of sp³-hybridized carbons (Fsp3) is 0.900. The van der Waals surface area contributed by atoms with Gasteiger partial charge in [0.2, 0.25) is 5.91 Å². The fourth-order valence-corrected chi connectivity index (χ4v) is 1.92. The molecule has 1 amide bonds. The van der Waals surface area contributed by atoms with Crippen molar-refractivity contribution in [2.75, 3.05) is 26.2 Å². The number of carbonyl (C=O) groups excluding carboxylic acids is 1. The smallest absolute Gasteiger partial charge is 0.239 e. The zero-order valence-electron chi connectivity index (χ0n) is 8.88. The maximum absolute atomic E-state index is 11.9. The second-order valence-electron chi connectivity index (χ2n) is 4.66. The Balaban J connectivity index is 1.93. The van der Waals surface area contributed by atoms with E-state index >= 15 is 0 Å². The van der Waals surface area contributed by atoms with Gasteiger partial charge in [-0.25, -0.2) is 0 Å². The highest BCUT2D eigenvalue weighted by atomic mass is 16.5. The average molecular weight is 198 g/mol. The number of carbonyl (C=O) groups is 1. The highest BCUT2D eigenvalue weighted by Gasteiger charge is 2.34. The quantitative estimate of drug-likeness (QED) is 0.644. The van der Waals surface area contributed by atoms with E-state index in [2.05, 4.69) is 5.32 Å². The van der Waals surface area contributed by atoms with Crippen LogP contribution in [0.25, 0.3) is 0 Å². The molecule has 1 atom stereocenters. The summed E-state index contributed by atoms with van der Waals surface area (Å²) in [7, 11) is 0. The summed E-state index contributed by atoms with van der Waals surface area (Å²) >= 11 is 0. The van der Waals surface area contributed by atoms with E-state index in [4.69, 9.17) is 4.74 Å². The first-order valence-electron chi connectivity index (χ1n) is 5.25. The van der Waals surface area contributed by atoms with Gasteiger partial charge in [-0.15, -0.1) is 0 Å². The summed E-state index contributed by atoms with van der Waals surface area (Å²) in [5.74, 6) is 0.243. The topological polar surface area (TPSA) is 41.6 Å². The van der Waals surface area contributed by atoms with Crippen molar-refractivity contribution < 1.29 is 9.53 Å². The van der Waals surface area contributed by atoms with Crippen LogP contribution in [0.2, 0.25) is 0 Å². The van der Waals surface area contributed by atoms with Crippen molar-refractivity contribution in [3.63, 3.8) is 0 Å². The largest absolute Gasteiger partial charge is 0.372 e. The number of ether oxygens (including phenoxy) is 1. The van der Waals surface area contributed by atoms with Crippen molar-refractivity contribution in [2.24, 2.45) is 0 Å². The maximum Gasteiger partial charge on any atom is 0.239 e. The van der Waals surface area contributed by atoms with Crippen molar-refractivity contribution in [1.29, 1.82) is 0 Å². The molecule has 0 aromatic heterocycles. The van der Waals surface area contributed by atoms with Gasteiger partial charge < -0.3 is 15.0 Å². The highest BCUT2D eigenvalue weighted by Crippen LogP contribution is 2.18. The number of morpholine rings is 1. The van der Waals surface area contributed by atoms with Crippen LogP contribution in [0.3, 0.4) is 0 Å². The molecule has 14 heavy (non-hydrogen) atoms. The first-order chi connectivity index (χ1) is 6.58. The van der Waals surface area contributed by atoms with Gasteiger partial charge in [0.05, 0.1) is 18.2 Å². The van der Waals surface area contributed by atoms with Crippen molar-refractivity contribution >= 4 is 5.91 Å². The Morgan fingerprint density at radius 1 is 1.57 bits per heavy atom. The van der Waals surface area contributed by atoms with Gasteiger partial charge >= 0.3 is 0 Å². The molecule has 1 N–H and O–H groups in total. The van der Waals surface area contributed by atoms with E-state index in [0.29, 0.717) is 13.2 Å². The zero-order chi connectivity index (χ0) is 10.2. The second-order valence-corrected chi connectivity index (χ2v) is 4.66. The minimum Gasteiger partial charge on any atom is -0.372 e. The molecule has 80 valence electrons. The number of rotatable bonds is 1. The number of nitrogens with one attached hydrogen (secondary N) is 1. The number of hydrogen-bond acceptors (Lipinski definition) is 3. The maximum atomic E-state index is 11.9. The lowest BCUT2D eigenvalue weighted by molar-refractivity contribution is -0.149. The normalized spacial score (nSPS) is 31.0. The molecular formula is C10H18N2O2. The van der Waals surface area contributed by atoms with E-state index in [1.807, 2.05) is 18.7 Å². The SMILES string of the molecule is CC1(C)CN(C(=O)[C@H]2CCN2)CCO1. The Morgan fingerprint density at radius 3 is 2.79 bits per heavy atom. The molecule has 2 aliphatic heterocycles. The van der Waals surface area contributed by atoms with E-state index in [0.717, 1.165) is 19.5 Å². The van der Waals surface area contributed by atoms with Gasteiger partial charge in [0.15, 0.2) is 0 Å². The standard InChI is InChI=1S/C10H18N2O2/c1-10(2)7-12(5-6-14-10)9(13)8-3-4-11-8/h8,11H,3-7H2,1-2H3/t8-/m1/s1. The van der Waals surface area contributed by atoms with Gasteiger partial charge in [-0.1, -0.05) is 0 Å². The third-order valence-electron chi connectivity index (χ3n) is 2.86. The Bertz CT molecular complexity index is 236. The zero-order valence-corrected chi connectivity index (χ0v) is 8.88. The molecule has 0 spiro atoms. The molecule has 0 bridgehead atoms. The Hall–Kier alpha value is -0.610. The summed E-state index contributed by atoms with van der Waals surface area (Å²) in [6.07, 6.45) is 0.983. The van der Waals surface area contributed by atoms with Gasteiger partial charge in [0.25, 0.3) is 0 Å². The van der Waals surface area contributed by atoms with Crippen LogP contribution < -0.4 is 5.32 Å². The summed E-state index contributed by atoms with van der Waals surface area (Å²) in [4.78, 5) is 13.8. The van der Waals surface area contributed by atoms with Crippen LogP contribution in [-0.4, -0.2) is 48.7 Å². The molecule has 0 saturated carbocycles. The van der Waals surface area contributed by atoms with Gasteiger partial charge in [-0.2, -0.15) is 0 Å². The molecule has 2 aliphatic rings. The molecule has 2 rings (SSSR count). The first-order valence-corrected chi connectivity index (χ1v) is 5.25. The summed E-state index contributed by atoms with van der Waals surface area (Å²) in [5, 5.41) is 3.14. The molecule has 4 heteroatoms. The fourth-order valence-electron chi connectivity index (χ4n) is 1.92. The number of amides is 1. The van der Waals surface area contributed by atoms with Crippen molar-refractivity contribution in [2.45, 2.75) is 31.9 Å². The third-order valence-corrected chi connectivity index (χ3v) is 2.86. The molecular weight excluding hydrogens is 180 g/mol. The first kappa shape index (κ1) is 9.93. The van der Waals surface area contributed by atoms with Crippen LogP contribution in [0.1, 0.15) is 20.3 Å². The van der Waals surface area contributed by atoms with Crippen LogP contribution >= 0.6 is 0 Å². The lowest BCUT2D eigenvalue weighted by atomic mass is 10.0. The highest BCUT2D eigenvalue weighted by molar-refractivity contribution is 5.82. The lowest BCUT2D eigenvalue weighted by Gasteiger charge is -2.41. The van der Waals surface area contributed by atoms with Crippen LogP contribution in [0.15, 0.2) is 0 Å². The number of hydrogen-bond donors (Lipinski definition) is 1. The Kier molecular flexibility index (Phi) is 2.49. The third kappa shape index (κ3) is 1.91. The molecule has 0 aromatic carbocycles.